The van der Waals surface area contributed by atoms with Gasteiger partial charge in [-0.1, -0.05) is 60.7 Å². The summed E-state index contributed by atoms with van der Waals surface area (Å²) in [5, 5.41) is 0. The van der Waals surface area contributed by atoms with E-state index in [9.17, 15) is 0 Å². The van der Waals surface area contributed by atoms with E-state index in [2.05, 4.69) is 18.7 Å². The van der Waals surface area contributed by atoms with E-state index in [1.54, 1.807) is 0 Å². The fraction of sp³-hybridized carbons (Fsp3) is 0.333. The van der Waals surface area contributed by atoms with Crippen molar-refractivity contribution in [2.24, 2.45) is 0 Å². The Hall–Kier alpha value is -1.90. The van der Waals surface area contributed by atoms with E-state index in [1.165, 1.54) is 0 Å². The fourth-order valence-electron chi connectivity index (χ4n) is 2.30. The predicted octanol–water partition coefficient (Wildman–Crippen LogP) is 5.84. The lowest BCUT2D eigenvalue weighted by Gasteiger charge is -2.31. The first-order valence-electron chi connectivity index (χ1n) is 7.91. The van der Waals surface area contributed by atoms with Crippen molar-refractivity contribution < 1.29 is 9.78 Å². The molecule has 0 atom stereocenters. The molecule has 0 aliphatic rings. The van der Waals surface area contributed by atoms with Crippen molar-refractivity contribution in [2.45, 2.75) is 45.8 Å². The lowest BCUT2D eigenvalue weighted by atomic mass is 9.95. The Morgan fingerprint density at radius 3 is 1.87 bits per heavy atom. The molecule has 0 N–H and O–H groups in total. The van der Waals surface area contributed by atoms with Gasteiger partial charge in [-0.2, -0.15) is 0 Å². The van der Waals surface area contributed by atoms with E-state index in [4.69, 9.17) is 9.78 Å². The second kappa shape index (κ2) is 6.69. The summed E-state index contributed by atoms with van der Waals surface area (Å²) in [5.41, 5.74) is 3.20. The van der Waals surface area contributed by atoms with Gasteiger partial charge in [-0.15, -0.1) is 0 Å². The highest BCUT2D eigenvalue weighted by molar-refractivity contribution is 5.62. The third kappa shape index (κ3) is 4.31. The van der Waals surface area contributed by atoms with Crippen LogP contribution < -0.4 is 0 Å². The summed E-state index contributed by atoms with van der Waals surface area (Å²) in [6, 6.07) is 18.3. The number of hydrogen-bond donors (Lipinski definition) is 0. The number of rotatable bonds is 6. The highest BCUT2D eigenvalue weighted by atomic mass is 17.2. The van der Waals surface area contributed by atoms with Crippen LogP contribution in [0.2, 0.25) is 0 Å². The first-order chi connectivity index (χ1) is 10.7. The molecule has 0 bridgehead atoms. The molecule has 0 spiro atoms. The molecular weight excluding hydrogens is 284 g/mol. The molecule has 0 aliphatic heterocycles. The Kier molecular flexibility index (Phi) is 5.08. The third-order valence-corrected chi connectivity index (χ3v) is 3.98. The van der Waals surface area contributed by atoms with E-state index in [0.717, 1.165) is 22.3 Å². The Bertz CT molecular complexity index is 669. The Morgan fingerprint density at radius 1 is 0.783 bits per heavy atom. The molecule has 0 radical (unpaired) electrons. The van der Waals surface area contributed by atoms with Gasteiger partial charge < -0.3 is 0 Å². The Labute approximate surface area is 139 Å². The van der Waals surface area contributed by atoms with Gasteiger partial charge in [-0.3, -0.25) is 0 Å². The molecule has 0 heterocycles. The zero-order valence-electron chi connectivity index (χ0n) is 14.7. The molecule has 2 nitrogen and oxygen atoms in total. The summed E-state index contributed by atoms with van der Waals surface area (Å²) >= 11 is 0. The number of allylic oxidation sites excluding steroid dienone is 1. The van der Waals surface area contributed by atoms with Crippen LogP contribution in [0.5, 0.6) is 0 Å². The molecule has 0 saturated heterocycles. The smallest absolute Gasteiger partial charge is 0.123 e. The number of benzene rings is 2. The molecule has 0 unspecified atom stereocenters. The molecule has 2 heteroatoms. The predicted molar refractivity (Wildman–Crippen MR) is 95.8 cm³/mol. The SMILES string of the molecule is C=C(C)c1cccc(C(C)(C)OOC(C)(C)c2ccccc2)c1. The largest absolute Gasteiger partial charge is 0.225 e. The van der Waals surface area contributed by atoms with Crippen LogP contribution in [0, 0.1) is 0 Å². The first kappa shape index (κ1) is 17.5. The maximum absolute atomic E-state index is 5.84. The molecule has 23 heavy (non-hydrogen) atoms. The van der Waals surface area contributed by atoms with Crippen molar-refractivity contribution in [3.63, 3.8) is 0 Å². The van der Waals surface area contributed by atoms with Crippen LogP contribution in [-0.4, -0.2) is 0 Å². The molecule has 0 amide bonds. The van der Waals surface area contributed by atoms with Gasteiger partial charge in [0.1, 0.15) is 11.2 Å². The topological polar surface area (TPSA) is 18.5 Å². The van der Waals surface area contributed by atoms with E-state index in [1.807, 2.05) is 77.1 Å². The van der Waals surface area contributed by atoms with Crippen LogP contribution in [0.1, 0.15) is 51.3 Å². The molecule has 2 rings (SSSR count). The third-order valence-electron chi connectivity index (χ3n) is 3.98. The van der Waals surface area contributed by atoms with E-state index in [-0.39, 0.29) is 0 Å². The summed E-state index contributed by atoms with van der Waals surface area (Å²) in [7, 11) is 0. The van der Waals surface area contributed by atoms with Gasteiger partial charge >= 0.3 is 0 Å². The van der Waals surface area contributed by atoms with Gasteiger partial charge in [-0.05, 0) is 57.4 Å². The van der Waals surface area contributed by atoms with Gasteiger partial charge in [-0.25, -0.2) is 9.78 Å². The fourth-order valence-corrected chi connectivity index (χ4v) is 2.30. The van der Waals surface area contributed by atoms with Crippen molar-refractivity contribution in [3.05, 3.63) is 77.9 Å². The van der Waals surface area contributed by atoms with Crippen molar-refractivity contribution in [1.82, 2.24) is 0 Å². The summed E-state index contributed by atoms with van der Waals surface area (Å²) < 4.78 is 0. The van der Waals surface area contributed by atoms with Crippen LogP contribution in [0.4, 0.5) is 0 Å². The minimum absolute atomic E-state index is 0.523. The summed E-state index contributed by atoms with van der Waals surface area (Å²) in [4.78, 5) is 11.7. The normalized spacial score (nSPS) is 12.2. The molecule has 2 aromatic carbocycles. The maximum Gasteiger partial charge on any atom is 0.123 e. The second-order valence-corrected chi connectivity index (χ2v) is 6.91. The van der Waals surface area contributed by atoms with Gasteiger partial charge in [0, 0.05) is 0 Å². The highest BCUT2D eigenvalue weighted by Gasteiger charge is 2.29. The minimum Gasteiger partial charge on any atom is -0.225 e. The lowest BCUT2D eigenvalue weighted by molar-refractivity contribution is -0.410. The van der Waals surface area contributed by atoms with E-state index < -0.39 is 11.2 Å². The number of hydrogen-bond acceptors (Lipinski definition) is 2. The molecular formula is C21H26O2. The van der Waals surface area contributed by atoms with Crippen molar-refractivity contribution in [1.29, 1.82) is 0 Å². The van der Waals surface area contributed by atoms with E-state index in [0.29, 0.717) is 0 Å². The maximum atomic E-state index is 5.84. The standard InChI is InChI=1S/C21H26O2/c1-16(2)17-11-10-14-19(15-17)21(5,6)23-22-20(3,4)18-12-8-7-9-13-18/h7-15H,1H2,2-6H3. The van der Waals surface area contributed by atoms with Crippen molar-refractivity contribution in [3.8, 4) is 0 Å². The Balaban J connectivity index is 2.15. The van der Waals surface area contributed by atoms with Crippen LogP contribution in [0.15, 0.2) is 61.2 Å². The van der Waals surface area contributed by atoms with Gasteiger partial charge in [0.2, 0.25) is 0 Å². The molecule has 2 aromatic rings. The summed E-state index contributed by atoms with van der Waals surface area (Å²) in [5.74, 6) is 0. The summed E-state index contributed by atoms with van der Waals surface area (Å²) in [6.45, 7) is 14.0. The van der Waals surface area contributed by atoms with Crippen LogP contribution in [0.25, 0.3) is 5.57 Å². The molecule has 122 valence electrons. The zero-order valence-corrected chi connectivity index (χ0v) is 14.7. The van der Waals surface area contributed by atoms with Crippen LogP contribution in [-0.2, 0) is 21.0 Å². The second-order valence-electron chi connectivity index (χ2n) is 6.91. The molecule has 0 aliphatic carbocycles. The van der Waals surface area contributed by atoms with E-state index >= 15 is 0 Å². The average Bonchev–Trinajstić information content (AvgIpc) is 2.54. The van der Waals surface area contributed by atoms with Crippen LogP contribution in [0.3, 0.4) is 0 Å². The lowest BCUT2D eigenvalue weighted by Crippen LogP contribution is -2.29. The highest BCUT2D eigenvalue weighted by Crippen LogP contribution is 2.32. The van der Waals surface area contributed by atoms with Crippen molar-refractivity contribution >= 4 is 5.57 Å². The molecule has 0 aromatic heterocycles. The molecule has 0 fully saturated rings. The van der Waals surface area contributed by atoms with Gasteiger partial charge in [0.15, 0.2) is 0 Å². The summed E-state index contributed by atoms with van der Waals surface area (Å²) in [6.07, 6.45) is 0. The monoisotopic (exact) mass is 310 g/mol. The van der Waals surface area contributed by atoms with Crippen molar-refractivity contribution in [2.75, 3.05) is 0 Å². The molecule has 0 saturated carbocycles. The van der Waals surface area contributed by atoms with Gasteiger partial charge in [0.25, 0.3) is 0 Å². The quantitative estimate of drug-likeness (QED) is 0.493. The average molecular weight is 310 g/mol. The zero-order chi connectivity index (χ0) is 17.1. The van der Waals surface area contributed by atoms with Gasteiger partial charge in [0.05, 0.1) is 0 Å². The first-order valence-corrected chi connectivity index (χ1v) is 7.91. The minimum atomic E-state index is -0.558. The Morgan fingerprint density at radius 2 is 1.30 bits per heavy atom. The van der Waals surface area contributed by atoms with Crippen LogP contribution >= 0.6 is 0 Å².